The van der Waals surface area contributed by atoms with Crippen LogP contribution in [0.3, 0.4) is 0 Å². The molecule has 3 atom stereocenters. The summed E-state index contributed by atoms with van der Waals surface area (Å²) in [4.78, 5) is 4.64. The third-order valence-electron chi connectivity index (χ3n) is 6.14. The van der Waals surface area contributed by atoms with Crippen LogP contribution in [0.25, 0.3) is 11.1 Å². The average molecular weight is 421 g/mol. The van der Waals surface area contributed by atoms with E-state index in [1.54, 1.807) is 6.07 Å². The number of nitrogens with two attached hydrogens (primary N) is 1. The van der Waals surface area contributed by atoms with Crippen molar-refractivity contribution in [3.63, 3.8) is 0 Å². The Hall–Kier alpha value is -2.38. The first-order valence-corrected chi connectivity index (χ1v) is 9.74. The molecule has 5 nitrogen and oxygen atoms in total. The molecule has 8 heteroatoms. The zero-order valence-electron chi connectivity index (χ0n) is 15.7. The van der Waals surface area contributed by atoms with Crippen LogP contribution in [0.2, 0.25) is 5.02 Å². The molecule has 29 heavy (non-hydrogen) atoms. The third kappa shape index (κ3) is 2.79. The van der Waals surface area contributed by atoms with Gasteiger partial charge in [-0.25, -0.2) is 13.8 Å². The number of fused-ring (bicyclic) bond motifs is 4. The topological polar surface area (TPSA) is 66.1 Å². The van der Waals surface area contributed by atoms with Crippen molar-refractivity contribution in [3.05, 3.63) is 52.6 Å². The number of benzene rings is 2. The number of nitrogens with zero attached hydrogens (tertiary/aromatic N) is 1. The Morgan fingerprint density at radius 3 is 2.76 bits per heavy atom. The molecule has 2 aromatic carbocycles. The fraction of sp³-hybridized carbons (Fsp3) is 0.381. The number of amidine groups is 1. The molecule has 0 bridgehead atoms. The normalized spacial score (nSPS) is 30.2. The van der Waals surface area contributed by atoms with Gasteiger partial charge in [0.1, 0.15) is 35.1 Å². The van der Waals surface area contributed by atoms with Crippen LogP contribution >= 0.6 is 11.6 Å². The fourth-order valence-corrected chi connectivity index (χ4v) is 4.92. The quantitative estimate of drug-likeness (QED) is 0.757. The highest BCUT2D eigenvalue weighted by molar-refractivity contribution is 6.30. The van der Waals surface area contributed by atoms with Crippen molar-refractivity contribution in [2.24, 2.45) is 16.6 Å². The predicted molar refractivity (Wildman–Crippen MR) is 104 cm³/mol. The van der Waals surface area contributed by atoms with E-state index in [-0.39, 0.29) is 29.1 Å². The van der Waals surface area contributed by atoms with Crippen molar-refractivity contribution in [2.45, 2.75) is 24.5 Å². The van der Waals surface area contributed by atoms with Crippen molar-refractivity contribution in [3.8, 4) is 16.9 Å². The molecule has 0 radical (unpaired) electrons. The van der Waals surface area contributed by atoms with E-state index in [0.717, 1.165) is 0 Å². The molecular formula is C21H19ClF2N2O3. The minimum absolute atomic E-state index is 0.0745. The molecule has 1 fully saturated rings. The third-order valence-corrected chi connectivity index (χ3v) is 6.36. The first-order valence-electron chi connectivity index (χ1n) is 9.36. The van der Waals surface area contributed by atoms with E-state index in [1.165, 1.54) is 24.3 Å². The lowest BCUT2D eigenvalue weighted by Gasteiger charge is -2.52. The number of hydrogen-bond donors (Lipinski definition) is 1. The van der Waals surface area contributed by atoms with E-state index in [9.17, 15) is 4.39 Å². The van der Waals surface area contributed by atoms with Crippen molar-refractivity contribution < 1.29 is 23.0 Å². The van der Waals surface area contributed by atoms with Crippen LogP contribution < -0.4 is 10.5 Å². The highest BCUT2D eigenvalue weighted by Gasteiger charge is 2.60. The molecule has 0 aliphatic carbocycles. The Morgan fingerprint density at radius 1 is 1.21 bits per heavy atom. The van der Waals surface area contributed by atoms with Crippen molar-refractivity contribution >= 4 is 17.6 Å². The lowest BCUT2D eigenvalue weighted by atomic mass is 9.66. The number of ether oxygens (including phenoxy) is 3. The molecule has 152 valence electrons. The number of hydrogen-bond acceptors (Lipinski definition) is 5. The van der Waals surface area contributed by atoms with Gasteiger partial charge in [-0.2, -0.15) is 0 Å². The summed E-state index contributed by atoms with van der Waals surface area (Å²) in [6.07, 6.45) is 0.636. The summed E-state index contributed by atoms with van der Waals surface area (Å²) in [5.74, 6) is -0.871. The molecular weight excluding hydrogens is 402 g/mol. The van der Waals surface area contributed by atoms with Crippen LogP contribution in [0, 0.1) is 17.6 Å². The second-order valence-electron chi connectivity index (χ2n) is 7.94. The number of rotatable bonds is 1. The van der Waals surface area contributed by atoms with Crippen LogP contribution in [0.1, 0.15) is 18.9 Å². The number of halogens is 3. The van der Waals surface area contributed by atoms with Crippen LogP contribution in [-0.4, -0.2) is 31.4 Å². The lowest BCUT2D eigenvalue weighted by Crippen LogP contribution is -2.59. The number of aliphatic imine (C=N–C) groups is 1. The zero-order valence-corrected chi connectivity index (χ0v) is 16.4. The van der Waals surface area contributed by atoms with Crippen molar-refractivity contribution in [2.75, 3.05) is 19.8 Å². The molecule has 0 unspecified atom stereocenters. The summed E-state index contributed by atoms with van der Waals surface area (Å²) in [5, 5.41) is 0.183. The Bertz CT molecular complexity index is 1030. The molecule has 1 spiro atoms. The molecule has 0 aromatic heterocycles. The van der Waals surface area contributed by atoms with Gasteiger partial charge in [0.15, 0.2) is 0 Å². The van der Waals surface area contributed by atoms with Gasteiger partial charge in [0.25, 0.3) is 6.02 Å². The van der Waals surface area contributed by atoms with E-state index in [1.807, 2.05) is 6.92 Å². The van der Waals surface area contributed by atoms with Crippen LogP contribution in [-0.2, 0) is 15.0 Å². The van der Waals surface area contributed by atoms with Crippen LogP contribution in [0.5, 0.6) is 5.75 Å². The van der Waals surface area contributed by atoms with E-state index in [0.29, 0.717) is 36.5 Å². The molecule has 0 amide bonds. The first-order chi connectivity index (χ1) is 13.8. The predicted octanol–water partition coefficient (Wildman–Crippen LogP) is 4.01. The lowest BCUT2D eigenvalue weighted by molar-refractivity contribution is -0.129. The second kappa shape index (κ2) is 6.31. The monoisotopic (exact) mass is 420 g/mol. The minimum Gasteiger partial charge on any atom is -0.486 e. The molecule has 3 aliphatic heterocycles. The summed E-state index contributed by atoms with van der Waals surface area (Å²) in [7, 11) is 0. The molecule has 1 saturated heterocycles. The highest BCUT2D eigenvalue weighted by Crippen LogP contribution is 2.55. The molecule has 3 aliphatic rings. The Balaban J connectivity index is 1.74. The smallest absolute Gasteiger partial charge is 0.283 e. The van der Waals surface area contributed by atoms with Gasteiger partial charge in [-0.1, -0.05) is 11.6 Å². The van der Waals surface area contributed by atoms with Crippen molar-refractivity contribution in [1.29, 1.82) is 0 Å². The summed E-state index contributed by atoms with van der Waals surface area (Å²) in [6.45, 7) is 3.14. The summed E-state index contributed by atoms with van der Waals surface area (Å²) in [5.41, 5.74) is 5.59. The van der Waals surface area contributed by atoms with Gasteiger partial charge in [-0.3, -0.25) is 0 Å². The molecule has 0 saturated carbocycles. The summed E-state index contributed by atoms with van der Waals surface area (Å²) in [6, 6.07) is 6.96. The van der Waals surface area contributed by atoms with Gasteiger partial charge < -0.3 is 19.9 Å². The first kappa shape index (κ1) is 18.6. The van der Waals surface area contributed by atoms with Crippen molar-refractivity contribution in [1.82, 2.24) is 0 Å². The van der Waals surface area contributed by atoms with Gasteiger partial charge in [0.05, 0.1) is 19.1 Å². The van der Waals surface area contributed by atoms with E-state index in [4.69, 9.17) is 31.5 Å². The van der Waals surface area contributed by atoms with Gasteiger partial charge in [0.2, 0.25) is 0 Å². The second-order valence-corrected chi connectivity index (χ2v) is 8.38. The van der Waals surface area contributed by atoms with Crippen LogP contribution in [0.4, 0.5) is 8.78 Å². The molecule has 5 rings (SSSR count). The van der Waals surface area contributed by atoms with Gasteiger partial charge in [-0.15, -0.1) is 0 Å². The van der Waals surface area contributed by atoms with Gasteiger partial charge in [-0.05, 0) is 36.8 Å². The van der Waals surface area contributed by atoms with Gasteiger partial charge >= 0.3 is 0 Å². The maximum Gasteiger partial charge on any atom is 0.283 e. The summed E-state index contributed by atoms with van der Waals surface area (Å²) < 4.78 is 46.5. The molecule has 2 aromatic rings. The van der Waals surface area contributed by atoms with E-state index >= 15 is 4.39 Å². The Labute approximate surface area is 171 Å². The van der Waals surface area contributed by atoms with Crippen LogP contribution in [0.15, 0.2) is 35.3 Å². The van der Waals surface area contributed by atoms with E-state index < -0.39 is 22.8 Å². The fourth-order valence-electron chi connectivity index (χ4n) is 4.70. The molecule has 3 heterocycles. The zero-order chi connectivity index (χ0) is 20.4. The van der Waals surface area contributed by atoms with E-state index in [2.05, 4.69) is 4.99 Å². The SMILES string of the molecule is C[C@]12CCOC[C@@H]1[C@]1(COC(N)=N1)c1cc(-c3cc(F)cc(Cl)c3)c(F)cc1O2. The standard InChI is InChI=1S/C21H19ClF2N2O3/c1-20-2-3-27-9-18(20)21(10-28-19(25)26-21)15-7-14(16(24)8-17(15)29-20)11-4-12(22)6-13(23)5-11/h4-8,18H,2-3,9-10H2,1H3,(H2,25,26)/t18-,20-,21-/m0/s1. The highest BCUT2D eigenvalue weighted by atomic mass is 35.5. The van der Waals surface area contributed by atoms with Gasteiger partial charge in [0, 0.05) is 28.6 Å². The minimum atomic E-state index is -0.869. The summed E-state index contributed by atoms with van der Waals surface area (Å²) >= 11 is 5.98. The maximum absolute atomic E-state index is 15.1. The average Bonchev–Trinajstić information content (AvgIpc) is 3.02. The Kier molecular flexibility index (Phi) is 4.05. The largest absolute Gasteiger partial charge is 0.486 e. The molecule has 2 N–H and O–H groups in total. The Morgan fingerprint density at radius 2 is 2.03 bits per heavy atom. The maximum atomic E-state index is 15.1.